The van der Waals surface area contributed by atoms with E-state index in [9.17, 15) is 0 Å². The van der Waals surface area contributed by atoms with Gasteiger partial charge < -0.3 is 0 Å². The summed E-state index contributed by atoms with van der Waals surface area (Å²) in [7, 11) is -2.26. The lowest BCUT2D eigenvalue weighted by atomic mass is 9.98. The predicted octanol–water partition coefficient (Wildman–Crippen LogP) is 12.4. The van der Waals surface area contributed by atoms with Gasteiger partial charge in [-0.2, -0.15) is 13.6 Å². The summed E-state index contributed by atoms with van der Waals surface area (Å²) in [6.07, 6.45) is 35.5. The number of hydrogen-bond acceptors (Lipinski definition) is 3. The molecule has 37 heavy (non-hydrogen) atoms. The molecular formula is C33H68O3P+. The minimum atomic E-state index is -2.26. The summed E-state index contributed by atoms with van der Waals surface area (Å²) in [4.78, 5) is 0. The average Bonchev–Trinajstić information content (AvgIpc) is 2.92. The first-order valence-corrected chi connectivity index (χ1v) is 18.8. The molecule has 1 rings (SSSR count). The van der Waals surface area contributed by atoms with Crippen molar-refractivity contribution in [2.24, 2.45) is 0 Å². The Morgan fingerprint density at radius 1 is 0.459 bits per heavy atom. The van der Waals surface area contributed by atoms with Crippen LogP contribution in [0.15, 0.2) is 0 Å². The van der Waals surface area contributed by atoms with E-state index in [1.807, 2.05) is 0 Å². The third-order valence-corrected chi connectivity index (χ3v) is 10.6. The Morgan fingerprint density at radius 2 is 0.838 bits per heavy atom. The van der Waals surface area contributed by atoms with Crippen molar-refractivity contribution in [1.82, 2.24) is 0 Å². The summed E-state index contributed by atoms with van der Waals surface area (Å²) < 4.78 is 20.4. The summed E-state index contributed by atoms with van der Waals surface area (Å²) in [5.41, 5.74) is 0. The van der Waals surface area contributed by atoms with Crippen molar-refractivity contribution in [1.29, 1.82) is 0 Å². The van der Waals surface area contributed by atoms with E-state index in [4.69, 9.17) is 13.6 Å². The molecule has 0 unspecified atom stereocenters. The minimum Gasteiger partial charge on any atom is -0.178 e. The monoisotopic (exact) mass is 543 g/mol. The molecule has 0 radical (unpaired) electrons. The van der Waals surface area contributed by atoms with Crippen molar-refractivity contribution < 1.29 is 13.6 Å². The topological polar surface area (TPSA) is 27.7 Å². The van der Waals surface area contributed by atoms with E-state index in [0.29, 0.717) is 6.10 Å². The van der Waals surface area contributed by atoms with Gasteiger partial charge in [-0.15, -0.1) is 0 Å². The Kier molecular flexibility index (Phi) is 25.3. The van der Waals surface area contributed by atoms with Crippen molar-refractivity contribution in [2.75, 3.05) is 19.4 Å². The van der Waals surface area contributed by atoms with E-state index in [1.54, 1.807) is 0 Å². The van der Waals surface area contributed by atoms with Crippen LogP contribution >= 0.6 is 7.94 Å². The molecule has 0 N–H and O–H groups in total. The number of unbranched alkanes of at least 4 members (excludes halogenated alkanes) is 18. The third-order valence-electron chi connectivity index (χ3n) is 7.97. The highest BCUT2D eigenvalue weighted by atomic mass is 31.2. The Bertz CT molecular complexity index is 433. The summed E-state index contributed by atoms with van der Waals surface area (Å²) in [5.74, 6) is 0. The summed E-state index contributed by atoms with van der Waals surface area (Å²) in [6.45, 7) is 8.53. The molecule has 0 aromatic rings. The van der Waals surface area contributed by atoms with Crippen LogP contribution < -0.4 is 0 Å². The minimum absolute atomic E-state index is 0.356. The van der Waals surface area contributed by atoms with Gasteiger partial charge >= 0.3 is 7.94 Å². The van der Waals surface area contributed by atoms with Crippen LogP contribution in [0.3, 0.4) is 0 Å². The fraction of sp³-hybridized carbons (Fsp3) is 1.00. The fourth-order valence-electron chi connectivity index (χ4n) is 5.47. The Labute approximate surface area is 234 Å². The molecule has 0 atom stereocenters. The smallest absolute Gasteiger partial charge is 0.178 e. The van der Waals surface area contributed by atoms with Gasteiger partial charge in [-0.3, -0.25) is 0 Å². The first kappa shape index (κ1) is 35.3. The zero-order valence-corrected chi connectivity index (χ0v) is 26.6. The predicted molar refractivity (Wildman–Crippen MR) is 166 cm³/mol. The van der Waals surface area contributed by atoms with Gasteiger partial charge in [0.2, 0.25) is 0 Å². The maximum Gasteiger partial charge on any atom is 0.411 e. The molecule has 4 heteroatoms. The highest BCUT2D eigenvalue weighted by Crippen LogP contribution is 2.64. The van der Waals surface area contributed by atoms with Gasteiger partial charge in [-0.05, 0) is 38.5 Å². The molecule has 0 heterocycles. The van der Waals surface area contributed by atoms with E-state index < -0.39 is 7.94 Å². The molecule has 0 aliphatic heterocycles. The quantitative estimate of drug-likeness (QED) is 0.0725. The number of hydrogen-bond donors (Lipinski definition) is 0. The van der Waals surface area contributed by atoms with Gasteiger partial charge in [-0.1, -0.05) is 149 Å². The lowest BCUT2D eigenvalue weighted by Crippen LogP contribution is -2.22. The van der Waals surface area contributed by atoms with E-state index in [-0.39, 0.29) is 0 Å². The molecule has 0 bridgehead atoms. The van der Waals surface area contributed by atoms with Crippen LogP contribution in [0.5, 0.6) is 0 Å². The van der Waals surface area contributed by atoms with E-state index >= 15 is 0 Å². The molecular weight excluding hydrogens is 475 g/mol. The molecule has 0 spiro atoms. The van der Waals surface area contributed by atoms with Gasteiger partial charge in [0.05, 0.1) is 13.2 Å². The fourth-order valence-corrected chi connectivity index (χ4v) is 8.12. The second-order valence-electron chi connectivity index (χ2n) is 11.7. The normalized spacial score (nSPS) is 15.0. The summed E-state index contributed by atoms with van der Waals surface area (Å²) >= 11 is 0. The highest BCUT2D eigenvalue weighted by molar-refractivity contribution is 7.61. The molecule has 0 aromatic carbocycles. The molecule has 222 valence electrons. The second-order valence-corrected chi connectivity index (χ2v) is 14.1. The lowest BCUT2D eigenvalue weighted by Gasteiger charge is -2.28. The molecule has 0 amide bonds. The van der Waals surface area contributed by atoms with Crippen LogP contribution in [0.4, 0.5) is 0 Å². The molecule has 1 saturated carbocycles. The molecule has 1 aliphatic carbocycles. The zero-order valence-electron chi connectivity index (χ0n) is 25.8. The lowest BCUT2D eigenvalue weighted by molar-refractivity contribution is 0.0750. The molecule has 0 saturated heterocycles. The summed E-state index contributed by atoms with van der Waals surface area (Å²) in [5, 5.41) is 0. The van der Waals surface area contributed by atoms with Crippen LogP contribution in [0.25, 0.3) is 0 Å². The van der Waals surface area contributed by atoms with Crippen molar-refractivity contribution in [3.05, 3.63) is 0 Å². The van der Waals surface area contributed by atoms with Gasteiger partial charge in [0.1, 0.15) is 12.3 Å². The van der Waals surface area contributed by atoms with Crippen LogP contribution in [0.2, 0.25) is 0 Å². The van der Waals surface area contributed by atoms with Crippen LogP contribution in [0.1, 0.15) is 188 Å². The number of rotatable bonds is 28. The van der Waals surface area contributed by atoms with Gasteiger partial charge in [0, 0.05) is 0 Å². The van der Waals surface area contributed by atoms with Gasteiger partial charge in [0.15, 0.2) is 0 Å². The van der Waals surface area contributed by atoms with Crippen LogP contribution in [-0.2, 0) is 13.6 Å². The van der Waals surface area contributed by atoms with Gasteiger partial charge in [-0.25, -0.2) is 0 Å². The maximum absolute atomic E-state index is 6.91. The van der Waals surface area contributed by atoms with E-state index in [1.165, 1.54) is 154 Å². The first-order chi connectivity index (χ1) is 18.3. The SMILES string of the molecule is CCCCCCCCCO[P+](CCCCCCCCC)(OCCCCCCCCC)OC1CCCCC1. The largest absolute Gasteiger partial charge is 0.411 e. The molecule has 1 aliphatic rings. The summed E-state index contributed by atoms with van der Waals surface area (Å²) in [6, 6.07) is 0. The van der Waals surface area contributed by atoms with Crippen molar-refractivity contribution in [2.45, 2.75) is 194 Å². The molecule has 1 fully saturated rings. The highest BCUT2D eigenvalue weighted by Gasteiger charge is 2.47. The van der Waals surface area contributed by atoms with Crippen LogP contribution in [0, 0.1) is 0 Å². The van der Waals surface area contributed by atoms with Crippen molar-refractivity contribution in [3.8, 4) is 0 Å². The third kappa shape index (κ3) is 20.8. The maximum atomic E-state index is 6.91. The van der Waals surface area contributed by atoms with Crippen molar-refractivity contribution >= 4 is 7.94 Å². The zero-order chi connectivity index (χ0) is 26.7. The molecule has 3 nitrogen and oxygen atoms in total. The standard InChI is InChI=1S/C33H68O3P/c1-4-7-10-13-16-19-25-30-34-37(36-33-28-23-22-24-29-33,32-27-21-18-15-12-9-6-3)35-31-26-20-17-14-11-8-5-2/h33H,4-32H2,1-3H3/q+1. The Morgan fingerprint density at radius 3 is 1.27 bits per heavy atom. The molecule has 0 aromatic heterocycles. The second kappa shape index (κ2) is 26.5. The average molecular weight is 544 g/mol. The first-order valence-electron chi connectivity index (χ1n) is 17.1. The van der Waals surface area contributed by atoms with Gasteiger partial charge in [0.25, 0.3) is 0 Å². The van der Waals surface area contributed by atoms with E-state index in [0.717, 1.165) is 32.2 Å². The Balaban J connectivity index is 2.59. The van der Waals surface area contributed by atoms with Crippen LogP contribution in [-0.4, -0.2) is 25.5 Å². The van der Waals surface area contributed by atoms with Crippen molar-refractivity contribution in [3.63, 3.8) is 0 Å². The Hall–Kier alpha value is 0.310. The van der Waals surface area contributed by atoms with E-state index in [2.05, 4.69) is 20.8 Å².